The summed E-state index contributed by atoms with van der Waals surface area (Å²) in [5.74, 6) is 0.542. The van der Waals surface area contributed by atoms with E-state index in [0.717, 1.165) is 13.0 Å². The summed E-state index contributed by atoms with van der Waals surface area (Å²) < 4.78 is 5.87. The van der Waals surface area contributed by atoms with Crippen LogP contribution in [0.1, 0.15) is 35.4 Å². The third-order valence-corrected chi connectivity index (χ3v) is 5.42. The van der Waals surface area contributed by atoms with Crippen LogP contribution in [0.2, 0.25) is 0 Å². The van der Waals surface area contributed by atoms with Crippen molar-refractivity contribution in [1.29, 1.82) is 0 Å². The highest BCUT2D eigenvalue weighted by Gasteiger charge is 2.33. The van der Waals surface area contributed by atoms with Gasteiger partial charge in [-0.3, -0.25) is 0 Å². The first kappa shape index (κ1) is 12.7. The predicted molar refractivity (Wildman–Crippen MR) is 83.5 cm³/mol. The number of aryl methyl sites for hydroxylation is 2. The van der Waals surface area contributed by atoms with Gasteiger partial charge >= 0.3 is 0 Å². The van der Waals surface area contributed by atoms with Crippen LogP contribution in [0.15, 0.2) is 30.3 Å². The fraction of sp³-hybridized carbons (Fsp3) is 0.444. The molecule has 1 saturated heterocycles. The number of rotatable bonds is 2. The predicted octanol–water partition coefficient (Wildman–Crippen LogP) is 4.64. The zero-order valence-corrected chi connectivity index (χ0v) is 12.5. The maximum Gasteiger partial charge on any atom is 0.0855 e. The second-order valence-electron chi connectivity index (χ2n) is 6.16. The Morgan fingerprint density at radius 2 is 1.95 bits per heavy atom. The molecule has 20 heavy (non-hydrogen) atoms. The molecule has 1 aliphatic heterocycles. The van der Waals surface area contributed by atoms with Crippen LogP contribution in [-0.2, 0) is 17.6 Å². The molecule has 1 aliphatic carbocycles. The van der Waals surface area contributed by atoms with Crippen LogP contribution in [0.3, 0.4) is 0 Å². The Labute approximate surface area is 124 Å². The van der Waals surface area contributed by atoms with Gasteiger partial charge < -0.3 is 4.74 Å². The maximum atomic E-state index is 6.79. The zero-order valence-electron chi connectivity index (χ0n) is 11.7. The molecular weight excluding hydrogens is 268 g/mol. The van der Waals surface area contributed by atoms with E-state index in [0.29, 0.717) is 5.92 Å². The molecule has 1 nitrogen and oxygen atoms in total. The minimum Gasteiger partial charge on any atom is -0.376 e. The first-order valence-electron chi connectivity index (χ1n) is 7.55. The number of ether oxygens (including phenoxy) is 1. The normalized spacial score (nSPS) is 26.3. The maximum absolute atomic E-state index is 6.79. The topological polar surface area (TPSA) is 9.23 Å². The summed E-state index contributed by atoms with van der Waals surface area (Å²) in [6.07, 6.45) is 3.60. The molecule has 3 unspecified atom stereocenters. The fourth-order valence-electron chi connectivity index (χ4n) is 3.78. The van der Waals surface area contributed by atoms with Crippen LogP contribution in [0.5, 0.6) is 0 Å². The number of alkyl halides is 1. The van der Waals surface area contributed by atoms with Gasteiger partial charge in [-0.2, -0.15) is 0 Å². The van der Waals surface area contributed by atoms with Crippen molar-refractivity contribution in [2.75, 3.05) is 6.61 Å². The number of halogens is 1. The Bertz CT molecular complexity index is 654. The number of hydrogen-bond donors (Lipinski definition) is 0. The summed E-state index contributed by atoms with van der Waals surface area (Å²) in [5.41, 5.74) is 4.19. The Morgan fingerprint density at radius 1 is 1.15 bits per heavy atom. The van der Waals surface area contributed by atoms with Gasteiger partial charge in [0.2, 0.25) is 0 Å². The van der Waals surface area contributed by atoms with Crippen molar-refractivity contribution in [3.05, 3.63) is 47.0 Å². The van der Waals surface area contributed by atoms with Crippen LogP contribution in [0.25, 0.3) is 10.8 Å². The molecule has 2 aromatic carbocycles. The van der Waals surface area contributed by atoms with E-state index in [-0.39, 0.29) is 11.5 Å². The molecule has 0 saturated carbocycles. The van der Waals surface area contributed by atoms with Gasteiger partial charge in [0.1, 0.15) is 0 Å². The van der Waals surface area contributed by atoms with Gasteiger partial charge in [-0.15, -0.1) is 11.6 Å². The molecular formula is C18H19ClO. The average molecular weight is 287 g/mol. The van der Waals surface area contributed by atoms with Crippen molar-refractivity contribution in [2.45, 2.75) is 37.7 Å². The Hall–Kier alpha value is -1.05. The molecule has 3 atom stereocenters. The van der Waals surface area contributed by atoms with E-state index in [1.165, 1.54) is 40.3 Å². The van der Waals surface area contributed by atoms with Crippen LogP contribution in [0, 0.1) is 5.92 Å². The highest BCUT2D eigenvalue weighted by atomic mass is 35.5. The molecule has 1 heterocycles. The highest BCUT2D eigenvalue weighted by Crippen LogP contribution is 2.41. The van der Waals surface area contributed by atoms with Crippen molar-refractivity contribution < 1.29 is 4.74 Å². The summed E-state index contributed by atoms with van der Waals surface area (Å²) >= 11 is 6.79. The van der Waals surface area contributed by atoms with Gasteiger partial charge in [-0.1, -0.05) is 37.3 Å². The molecule has 0 amide bonds. The largest absolute Gasteiger partial charge is 0.376 e. The quantitative estimate of drug-likeness (QED) is 0.731. The lowest BCUT2D eigenvalue weighted by atomic mass is 9.92. The second kappa shape index (κ2) is 4.75. The van der Waals surface area contributed by atoms with E-state index >= 15 is 0 Å². The fourth-order valence-corrected chi connectivity index (χ4v) is 4.29. The summed E-state index contributed by atoms with van der Waals surface area (Å²) in [4.78, 5) is 0. The Kier molecular flexibility index (Phi) is 3.01. The molecule has 0 bridgehead atoms. The zero-order chi connectivity index (χ0) is 13.7. The van der Waals surface area contributed by atoms with Crippen LogP contribution < -0.4 is 0 Å². The SMILES string of the molecule is CC1CCOC1C(Cl)c1ccc2c3c(cccc13)CC2. The summed E-state index contributed by atoms with van der Waals surface area (Å²) in [5, 5.41) is 2.74. The molecule has 0 spiro atoms. The molecule has 2 heteroatoms. The third kappa shape index (κ3) is 1.80. The monoisotopic (exact) mass is 286 g/mol. The summed E-state index contributed by atoms with van der Waals surface area (Å²) in [7, 11) is 0. The van der Waals surface area contributed by atoms with Crippen molar-refractivity contribution in [3.63, 3.8) is 0 Å². The number of benzene rings is 2. The van der Waals surface area contributed by atoms with E-state index < -0.39 is 0 Å². The van der Waals surface area contributed by atoms with Gasteiger partial charge in [-0.25, -0.2) is 0 Å². The Balaban J connectivity index is 1.85. The average Bonchev–Trinajstić information content (AvgIpc) is 3.07. The van der Waals surface area contributed by atoms with E-state index in [9.17, 15) is 0 Å². The molecule has 4 rings (SSSR count). The second-order valence-corrected chi connectivity index (χ2v) is 6.63. The van der Waals surface area contributed by atoms with Gasteiger partial charge in [0.25, 0.3) is 0 Å². The molecule has 2 aromatic rings. The van der Waals surface area contributed by atoms with Crippen LogP contribution in [-0.4, -0.2) is 12.7 Å². The lowest BCUT2D eigenvalue weighted by molar-refractivity contribution is 0.0906. The van der Waals surface area contributed by atoms with Crippen molar-refractivity contribution in [3.8, 4) is 0 Å². The smallest absolute Gasteiger partial charge is 0.0855 e. The van der Waals surface area contributed by atoms with Crippen molar-refractivity contribution in [2.24, 2.45) is 5.92 Å². The van der Waals surface area contributed by atoms with E-state index in [1.807, 2.05) is 0 Å². The molecule has 0 aromatic heterocycles. The van der Waals surface area contributed by atoms with E-state index in [4.69, 9.17) is 16.3 Å². The Morgan fingerprint density at radius 3 is 2.70 bits per heavy atom. The molecule has 0 radical (unpaired) electrons. The van der Waals surface area contributed by atoms with Gasteiger partial charge in [-0.05, 0) is 52.6 Å². The third-order valence-electron chi connectivity index (χ3n) is 4.94. The summed E-state index contributed by atoms with van der Waals surface area (Å²) in [6, 6.07) is 11.1. The van der Waals surface area contributed by atoms with Crippen LogP contribution >= 0.6 is 11.6 Å². The van der Waals surface area contributed by atoms with Crippen LogP contribution in [0.4, 0.5) is 0 Å². The molecule has 1 fully saturated rings. The molecule has 104 valence electrons. The van der Waals surface area contributed by atoms with Gasteiger partial charge in [0.15, 0.2) is 0 Å². The molecule has 0 N–H and O–H groups in total. The van der Waals surface area contributed by atoms with Gasteiger partial charge in [0.05, 0.1) is 11.5 Å². The lowest BCUT2D eigenvalue weighted by Crippen LogP contribution is -2.19. The van der Waals surface area contributed by atoms with E-state index in [1.54, 1.807) is 0 Å². The van der Waals surface area contributed by atoms with Crippen molar-refractivity contribution >= 4 is 22.4 Å². The minimum absolute atomic E-state index is 0.0441. The highest BCUT2D eigenvalue weighted by molar-refractivity contribution is 6.22. The minimum atomic E-state index is -0.0441. The van der Waals surface area contributed by atoms with Crippen molar-refractivity contribution in [1.82, 2.24) is 0 Å². The lowest BCUT2D eigenvalue weighted by Gasteiger charge is -2.22. The number of hydrogen-bond acceptors (Lipinski definition) is 1. The standard InChI is InChI=1S/C18H19ClO/c1-11-9-10-20-18(11)17(19)15-8-7-13-6-5-12-3-2-4-14(15)16(12)13/h2-4,7-8,11,17-18H,5-6,9-10H2,1H3. The first-order valence-corrected chi connectivity index (χ1v) is 7.98. The summed E-state index contributed by atoms with van der Waals surface area (Å²) in [6.45, 7) is 3.09. The first-order chi connectivity index (χ1) is 9.75. The van der Waals surface area contributed by atoms with E-state index in [2.05, 4.69) is 37.3 Å². The van der Waals surface area contributed by atoms with Gasteiger partial charge in [0, 0.05) is 6.61 Å². The molecule has 2 aliphatic rings.